The molecule has 1 N–H and O–H groups in total. The summed E-state index contributed by atoms with van der Waals surface area (Å²) in [5, 5.41) is 15.5. The smallest absolute Gasteiger partial charge is 0.272 e. The van der Waals surface area contributed by atoms with Gasteiger partial charge in [0.1, 0.15) is 5.69 Å². The molecule has 2 aromatic rings. The van der Waals surface area contributed by atoms with Gasteiger partial charge in [-0.2, -0.15) is 9.41 Å². The molecule has 0 saturated carbocycles. The molecule has 0 aliphatic carbocycles. The van der Waals surface area contributed by atoms with Crippen molar-refractivity contribution in [2.24, 2.45) is 5.10 Å². The van der Waals surface area contributed by atoms with E-state index in [4.69, 9.17) is 0 Å². The minimum Gasteiger partial charge on any atom is -0.272 e. The third-order valence-electron chi connectivity index (χ3n) is 4.33. The Morgan fingerprint density at radius 1 is 1.14 bits per heavy atom. The number of hydrazone groups is 1. The molecule has 2 aromatic carbocycles. The number of benzene rings is 2. The largest absolute Gasteiger partial charge is 0.295 e. The number of nitrogens with one attached hydrogen (secondary N) is 1. The highest BCUT2D eigenvalue weighted by molar-refractivity contribution is 7.89. The summed E-state index contributed by atoms with van der Waals surface area (Å²) in [7, 11) is -3.79. The molecule has 0 aliphatic rings. The molecule has 2 rings (SSSR count). The summed E-state index contributed by atoms with van der Waals surface area (Å²) in [6, 6.07) is 9.66. The first-order valence-corrected chi connectivity index (χ1v) is 10.3. The monoisotopic (exact) mass is 404 g/mol. The van der Waals surface area contributed by atoms with Gasteiger partial charge in [0.05, 0.1) is 16.0 Å². The molecule has 0 heterocycles. The lowest BCUT2D eigenvalue weighted by Gasteiger charge is -2.18. The zero-order valence-electron chi connectivity index (χ0n) is 16.3. The normalized spacial score (nSPS) is 11.9. The number of nitrogens with zero attached hydrogens (tertiary/aromatic N) is 3. The molecule has 28 heavy (non-hydrogen) atoms. The van der Waals surface area contributed by atoms with Crippen LogP contribution in [-0.4, -0.2) is 37.0 Å². The highest BCUT2D eigenvalue weighted by atomic mass is 32.2. The molecule has 9 heteroatoms. The number of nitro groups is 1. The van der Waals surface area contributed by atoms with Crippen LogP contribution in [0, 0.1) is 24.0 Å². The number of aryl methyl sites for hydroxylation is 2. The van der Waals surface area contributed by atoms with E-state index in [-0.39, 0.29) is 29.4 Å². The summed E-state index contributed by atoms with van der Waals surface area (Å²) < 4.78 is 26.5. The van der Waals surface area contributed by atoms with Crippen LogP contribution in [-0.2, 0) is 10.0 Å². The van der Waals surface area contributed by atoms with Crippen molar-refractivity contribution in [2.75, 3.05) is 18.5 Å². The zero-order valence-corrected chi connectivity index (χ0v) is 17.2. The summed E-state index contributed by atoms with van der Waals surface area (Å²) in [5.41, 5.74) is 5.38. The third-order valence-corrected chi connectivity index (χ3v) is 6.38. The minimum absolute atomic E-state index is 0.116. The summed E-state index contributed by atoms with van der Waals surface area (Å²) >= 11 is 0. The maximum atomic E-state index is 12.6. The second-order valence-corrected chi connectivity index (χ2v) is 8.19. The van der Waals surface area contributed by atoms with E-state index in [2.05, 4.69) is 10.5 Å². The van der Waals surface area contributed by atoms with E-state index in [1.165, 1.54) is 16.4 Å². The highest BCUT2D eigenvalue weighted by Gasteiger charge is 2.25. The SMILES string of the molecule is CCN(CC)S(=O)(=O)c1ccc(NN=Cc2cc(C)ccc2C)c([N+](=O)[O-])c1. The van der Waals surface area contributed by atoms with E-state index in [1.54, 1.807) is 20.1 Å². The first-order chi connectivity index (χ1) is 13.2. The fraction of sp³-hybridized carbons (Fsp3) is 0.316. The van der Waals surface area contributed by atoms with E-state index in [0.29, 0.717) is 0 Å². The van der Waals surface area contributed by atoms with Crippen LogP contribution in [0.15, 0.2) is 46.4 Å². The van der Waals surface area contributed by atoms with Crippen molar-refractivity contribution >= 4 is 27.6 Å². The molecule has 0 aromatic heterocycles. The number of anilines is 1. The summed E-state index contributed by atoms with van der Waals surface area (Å²) in [6.45, 7) is 7.90. The molecule has 150 valence electrons. The molecule has 0 aliphatic heterocycles. The van der Waals surface area contributed by atoms with Gasteiger partial charge < -0.3 is 0 Å². The molecule has 0 spiro atoms. The Bertz CT molecular complexity index is 999. The Morgan fingerprint density at radius 2 is 1.82 bits per heavy atom. The first-order valence-electron chi connectivity index (χ1n) is 8.85. The van der Waals surface area contributed by atoms with E-state index in [9.17, 15) is 18.5 Å². The standard InChI is InChI=1S/C19H24N4O4S/c1-5-22(6-2)28(26,27)17-9-10-18(19(12-17)23(24)25)21-20-13-16-11-14(3)7-8-15(16)4/h7-13,21H,5-6H2,1-4H3. The Morgan fingerprint density at radius 3 is 2.43 bits per heavy atom. The average Bonchev–Trinajstić information content (AvgIpc) is 2.65. The maximum Gasteiger partial charge on any atom is 0.295 e. The molecule has 0 amide bonds. The van der Waals surface area contributed by atoms with E-state index < -0.39 is 14.9 Å². The van der Waals surface area contributed by atoms with Crippen LogP contribution < -0.4 is 5.43 Å². The van der Waals surface area contributed by atoms with Crippen molar-refractivity contribution in [2.45, 2.75) is 32.6 Å². The number of nitro benzene ring substituents is 1. The highest BCUT2D eigenvalue weighted by Crippen LogP contribution is 2.29. The maximum absolute atomic E-state index is 12.6. The lowest BCUT2D eigenvalue weighted by molar-refractivity contribution is -0.384. The quantitative estimate of drug-likeness (QED) is 0.410. The van der Waals surface area contributed by atoms with Crippen molar-refractivity contribution in [1.82, 2.24) is 4.31 Å². The summed E-state index contributed by atoms with van der Waals surface area (Å²) in [5.74, 6) is 0. The van der Waals surface area contributed by atoms with Crippen molar-refractivity contribution < 1.29 is 13.3 Å². The molecular formula is C19H24N4O4S. The van der Waals surface area contributed by atoms with Gasteiger partial charge in [0, 0.05) is 19.2 Å². The third kappa shape index (κ3) is 4.73. The van der Waals surface area contributed by atoms with Crippen LogP contribution in [0.4, 0.5) is 11.4 Å². The fourth-order valence-electron chi connectivity index (χ4n) is 2.70. The van der Waals surface area contributed by atoms with Gasteiger partial charge in [0.2, 0.25) is 10.0 Å². The van der Waals surface area contributed by atoms with Crippen molar-refractivity contribution in [1.29, 1.82) is 0 Å². The van der Waals surface area contributed by atoms with E-state index >= 15 is 0 Å². The van der Waals surface area contributed by atoms with Crippen molar-refractivity contribution in [3.63, 3.8) is 0 Å². The predicted octanol–water partition coefficient (Wildman–Crippen LogP) is 3.69. The fourth-order valence-corrected chi connectivity index (χ4v) is 4.18. The van der Waals surface area contributed by atoms with Crippen molar-refractivity contribution in [3.8, 4) is 0 Å². The Balaban J connectivity index is 2.35. The topological polar surface area (TPSA) is 105 Å². The molecule has 0 atom stereocenters. The molecule has 0 fully saturated rings. The van der Waals surface area contributed by atoms with Crippen LogP contribution in [0.3, 0.4) is 0 Å². The minimum atomic E-state index is -3.79. The summed E-state index contributed by atoms with van der Waals surface area (Å²) in [6.07, 6.45) is 1.58. The van der Waals surface area contributed by atoms with Crippen molar-refractivity contribution in [3.05, 3.63) is 63.2 Å². The van der Waals surface area contributed by atoms with Gasteiger partial charge in [0.25, 0.3) is 5.69 Å². The first kappa shape index (κ1) is 21.5. The van der Waals surface area contributed by atoms with Gasteiger partial charge in [-0.1, -0.05) is 37.6 Å². The molecule has 0 unspecified atom stereocenters. The second-order valence-electron chi connectivity index (χ2n) is 6.26. The Labute approximate surface area is 165 Å². The Kier molecular flexibility index (Phi) is 6.87. The lowest BCUT2D eigenvalue weighted by atomic mass is 10.1. The van der Waals surface area contributed by atoms with E-state index in [0.717, 1.165) is 22.8 Å². The predicted molar refractivity (Wildman–Crippen MR) is 110 cm³/mol. The number of rotatable bonds is 8. The second kappa shape index (κ2) is 8.94. The molecule has 0 radical (unpaired) electrons. The van der Waals surface area contributed by atoms with E-state index in [1.807, 2.05) is 32.0 Å². The number of hydrogen-bond donors (Lipinski definition) is 1. The molecule has 0 saturated heterocycles. The van der Waals surface area contributed by atoms with Crippen LogP contribution in [0.1, 0.15) is 30.5 Å². The summed E-state index contributed by atoms with van der Waals surface area (Å²) in [4.78, 5) is 10.7. The van der Waals surface area contributed by atoms with Gasteiger partial charge >= 0.3 is 0 Å². The zero-order chi connectivity index (χ0) is 20.9. The average molecular weight is 404 g/mol. The van der Waals surface area contributed by atoms with Gasteiger partial charge in [-0.05, 0) is 37.1 Å². The lowest BCUT2D eigenvalue weighted by Crippen LogP contribution is -2.30. The van der Waals surface area contributed by atoms with Crippen LogP contribution >= 0.6 is 0 Å². The molecular weight excluding hydrogens is 380 g/mol. The van der Waals surface area contributed by atoms with Crippen LogP contribution in [0.25, 0.3) is 0 Å². The van der Waals surface area contributed by atoms with Crippen LogP contribution in [0.2, 0.25) is 0 Å². The van der Waals surface area contributed by atoms with Gasteiger partial charge in [-0.15, -0.1) is 0 Å². The molecule has 8 nitrogen and oxygen atoms in total. The van der Waals surface area contributed by atoms with Gasteiger partial charge in [0.15, 0.2) is 0 Å². The Hall–Kier alpha value is -2.78. The van der Waals surface area contributed by atoms with Crippen LogP contribution in [0.5, 0.6) is 0 Å². The van der Waals surface area contributed by atoms with Gasteiger partial charge in [-0.3, -0.25) is 15.5 Å². The van der Waals surface area contributed by atoms with Gasteiger partial charge in [-0.25, -0.2) is 8.42 Å². The molecule has 0 bridgehead atoms. The number of sulfonamides is 1. The number of hydrogen-bond acceptors (Lipinski definition) is 6.